The number of carboxylic acids is 1. The quantitative estimate of drug-likeness (QED) is 0.604. The van der Waals surface area contributed by atoms with Gasteiger partial charge in [-0.15, -0.1) is 0 Å². The molecular formula is C12H15N3O4. The average molecular weight is 265 g/mol. The van der Waals surface area contributed by atoms with Crippen LogP contribution in [0.15, 0.2) is 12.4 Å². The van der Waals surface area contributed by atoms with Crippen LogP contribution < -0.4 is 4.73 Å². The molecule has 7 heteroatoms. The SMILES string of the molecule is Cc1cnc(C(=O)N2CCCCC2C(=O)O)c[n+]1[O-]. The summed E-state index contributed by atoms with van der Waals surface area (Å²) in [5.41, 5.74) is 0.360. The van der Waals surface area contributed by atoms with Crippen molar-refractivity contribution in [3.05, 3.63) is 29.0 Å². The lowest BCUT2D eigenvalue weighted by Gasteiger charge is -2.32. The van der Waals surface area contributed by atoms with E-state index in [-0.39, 0.29) is 5.69 Å². The summed E-state index contributed by atoms with van der Waals surface area (Å²) in [6, 6.07) is -0.829. The first kappa shape index (κ1) is 13.3. The highest BCUT2D eigenvalue weighted by Gasteiger charge is 2.33. The highest BCUT2D eigenvalue weighted by molar-refractivity contribution is 5.94. The van der Waals surface area contributed by atoms with Gasteiger partial charge in [-0.25, -0.2) is 9.78 Å². The fraction of sp³-hybridized carbons (Fsp3) is 0.500. The van der Waals surface area contributed by atoms with Gasteiger partial charge < -0.3 is 15.2 Å². The van der Waals surface area contributed by atoms with Crippen molar-refractivity contribution < 1.29 is 19.4 Å². The largest absolute Gasteiger partial charge is 0.618 e. The number of carbonyl (C=O) groups is 2. The van der Waals surface area contributed by atoms with Crippen LogP contribution in [0.1, 0.15) is 35.4 Å². The second-order valence-electron chi connectivity index (χ2n) is 4.59. The molecule has 102 valence electrons. The lowest BCUT2D eigenvalue weighted by atomic mass is 10.0. The fourth-order valence-corrected chi connectivity index (χ4v) is 2.16. The van der Waals surface area contributed by atoms with E-state index in [0.29, 0.717) is 23.4 Å². The van der Waals surface area contributed by atoms with E-state index >= 15 is 0 Å². The molecule has 1 N–H and O–H groups in total. The normalized spacial score (nSPS) is 19.2. The Morgan fingerprint density at radius 1 is 1.53 bits per heavy atom. The highest BCUT2D eigenvalue weighted by Crippen LogP contribution is 2.19. The van der Waals surface area contributed by atoms with Gasteiger partial charge in [0.1, 0.15) is 6.04 Å². The number of aryl methyl sites for hydroxylation is 1. The van der Waals surface area contributed by atoms with Crippen LogP contribution in [-0.4, -0.2) is 39.5 Å². The third kappa shape index (κ3) is 2.64. The summed E-state index contributed by atoms with van der Waals surface area (Å²) in [6.07, 6.45) is 4.37. The van der Waals surface area contributed by atoms with Gasteiger partial charge in [-0.05, 0) is 19.3 Å². The number of hydrogen-bond acceptors (Lipinski definition) is 4. The molecule has 1 unspecified atom stereocenters. The highest BCUT2D eigenvalue weighted by atomic mass is 16.5. The first-order valence-corrected chi connectivity index (χ1v) is 6.10. The molecule has 1 aliphatic rings. The molecule has 0 aliphatic carbocycles. The summed E-state index contributed by atoms with van der Waals surface area (Å²) in [5.74, 6) is -1.52. The molecule has 1 aliphatic heterocycles. The Kier molecular flexibility index (Phi) is 3.64. The Balaban J connectivity index is 2.26. The monoisotopic (exact) mass is 265 g/mol. The van der Waals surface area contributed by atoms with Gasteiger partial charge in [0.05, 0.1) is 6.20 Å². The van der Waals surface area contributed by atoms with Crippen LogP contribution in [-0.2, 0) is 4.79 Å². The standard InChI is InChI=1S/C12H15N3O4/c1-8-6-13-9(7-15(8)19)11(16)14-5-3-2-4-10(14)12(17)18/h6-7,10H,2-5H2,1H3,(H,17,18). The molecule has 19 heavy (non-hydrogen) atoms. The number of aromatic nitrogens is 2. The Bertz CT molecular complexity index is 518. The summed E-state index contributed by atoms with van der Waals surface area (Å²) in [5, 5.41) is 20.6. The topological polar surface area (TPSA) is 97.4 Å². The second kappa shape index (κ2) is 5.21. The van der Waals surface area contributed by atoms with Gasteiger partial charge in [0.15, 0.2) is 5.69 Å². The summed E-state index contributed by atoms with van der Waals surface area (Å²) >= 11 is 0. The second-order valence-corrected chi connectivity index (χ2v) is 4.59. The Morgan fingerprint density at radius 3 is 2.89 bits per heavy atom. The van der Waals surface area contributed by atoms with Crippen LogP contribution in [0, 0.1) is 12.1 Å². The molecule has 0 spiro atoms. The molecule has 0 radical (unpaired) electrons. The van der Waals surface area contributed by atoms with Crippen LogP contribution in [0.25, 0.3) is 0 Å². The maximum Gasteiger partial charge on any atom is 0.326 e. The smallest absolute Gasteiger partial charge is 0.326 e. The zero-order valence-corrected chi connectivity index (χ0v) is 10.6. The fourth-order valence-electron chi connectivity index (χ4n) is 2.16. The number of amides is 1. The Morgan fingerprint density at radius 2 is 2.26 bits per heavy atom. The summed E-state index contributed by atoms with van der Waals surface area (Å²) in [7, 11) is 0. The number of nitrogens with zero attached hydrogens (tertiary/aromatic N) is 3. The van der Waals surface area contributed by atoms with Crippen molar-refractivity contribution in [1.82, 2.24) is 9.88 Å². The van der Waals surface area contributed by atoms with Crippen LogP contribution in [0.5, 0.6) is 0 Å². The number of piperidine rings is 1. The average Bonchev–Trinajstić information content (AvgIpc) is 2.41. The van der Waals surface area contributed by atoms with E-state index in [1.165, 1.54) is 11.1 Å². The van der Waals surface area contributed by atoms with E-state index < -0.39 is 17.9 Å². The molecule has 1 atom stereocenters. The predicted molar refractivity (Wildman–Crippen MR) is 64.2 cm³/mol. The Labute approximate surface area is 110 Å². The molecule has 1 amide bonds. The maximum atomic E-state index is 12.2. The van der Waals surface area contributed by atoms with Crippen molar-refractivity contribution in [2.75, 3.05) is 6.54 Å². The van der Waals surface area contributed by atoms with Crippen molar-refractivity contribution in [1.29, 1.82) is 0 Å². The first-order chi connectivity index (χ1) is 9.00. The van der Waals surface area contributed by atoms with Crippen molar-refractivity contribution in [3.8, 4) is 0 Å². The molecule has 2 rings (SSSR count). The van der Waals surface area contributed by atoms with Crippen molar-refractivity contribution in [2.24, 2.45) is 0 Å². The van der Waals surface area contributed by atoms with Gasteiger partial charge in [0.25, 0.3) is 5.91 Å². The summed E-state index contributed by atoms with van der Waals surface area (Å²) in [6.45, 7) is 1.96. The molecule has 0 saturated carbocycles. The van der Waals surface area contributed by atoms with Gasteiger partial charge in [-0.1, -0.05) is 0 Å². The maximum absolute atomic E-state index is 12.2. The number of hydrogen-bond donors (Lipinski definition) is 1. The van der Waals surface area contributed by atoms with Crippen LogP contribution >= 0.6 is 0 Å². The minimum Gasteiger partial charge on any atom is -0.618 e. The molecule has 0 bridgehead atoms. The van der Waals surface area contributed by atoms with Gasteiger partial charge in [-0.3, -0.25) is 4.79 Å². The molecule has 0 aromatic carbocycles. The van der Waals surface area contributed by atoms with E-state index in [1.54, 1.807) is 6.92 Å². The number of aliphatic carboxylic acids is 1. The van der Waals surface area contributed by atoms with E-state index in [2.05, 4.69) is 4.98 Å². The summed E-state index contributed by atoms with van der Waals surface area (Å²) in [4.78, 5) is 28.6. The van der Waals surface area contributed by atoms with E-state index in [1.807, 2.05) is 0 Å². The zero-order valence-electron chi connectivity index (χ0n) is 10.6. The van der Waals surface area contributed by atoms with Crippen molar-refractivity contribution >= 4 is 11.9 Å². The number of carboxylic acid groups (broad SMARTS) is 1. The van der Waals surface area contributed by atoms with Crippen molar-refractivity contribution in [3.63, 3.8) is 0 Å². The van der Waals surface area contributed by atoms with Crippen LogP contribution in [0.4, 0.5) is 0 Å². The predicted octanol–water partition coefficient (Wildman–Crippen LogP) is 0.103. The molecule has 2 heterocycles. The van der Waals surface area contributed by atoms with Crippen LogP contribution in [0.2, 0.25) is 0 Å². The van der Waals surface area contributed by atoms with Gasteiger partial charge in [-0.2, -0.15) is 4.73 Å². The number of carbonyl (C=O) groups excluding carboxylic acids is 1. The minimum absolute atomic E-state index is 0.0197. The third-order valence-corrected chi connectivity index (χ3v) is 3.25. The van der Waals surface area contributed by atoms with Crippen molar-refractivity contribution in [2.45, 2.75) is 32.2 Å². The summed E-state index contributed by atoms with van der Waals surface area (Å²) < 4.78 is 0.556. The van der Waals surface area contributed by atoms with E-state index in [0.717, 1.165) is 19.0 Å². The first-order valence-electron chi connectivity index (χ1n) is 6.10. The van der Waals surface area contributed by atoms with Gasteiger partial charge in [0, 0.05) is 13.5 Å². The minimum atomic E-state index is -1.02. The van der Waals surface area contributed by atoms with Gasteiger partial charge >= 0.3 is 5.97 Å². The lowest BCUT2D eigenvalue weighted by molar-refractivity contribution is -0.613. The van der Waals surface area contributed by atoms with E-state index in [9.17, 15) is 14.8 Å². The number of likely N-dealkylation sites (tertiary alicyclic amines) is 1. The van der Waals surface area contributed by atoms with E-state index in [4.69, 9.17) is 5.11 Å². The lowest BCUT2D eigenvalue weighted by Crippen LogP contribution is -2.48. The molecule has 1 fully saturated rings. The van der Waals surface area contributed by atoms with Gasteiger partial charge in [0.2, 0.25) is 11.9 Å². The molecule has 7 nitrogen and oxygen atoms in total. The zero-order chi connectivity index (χ0) is 14.0. The number of rotatable bonds is 2. The molecule has 1 aromatic rings. The Hall–Kier alpha value is -2.18. The molecule has 1 aromatic heterocycles. The molecule has 1 saturated heterocycles. The molecular weight excluding hydrogens is 250 g/mol. The van der Waals surface area contributed by atoms with Crippen LogP contribution in [0.3, 0.4) is 0 Å². The third-order valence-electron chi connectivity index (χ3n) is 3.25.